The number of nitrogens with zero attached hydrogens (tertiary/aromatic N) is 6. The molecule has 1 unspecified atom stereocenters. The normalized spacial score (nSPS) is 13.0. The minimum Gasteiger partial charge on any atom is -0.494 e. The predicted octanol–water partition coefficient (Wildman–Crippen LogP) is 5.23. The molecular formula is C27H35F2N7O3. The molecule has 0 aliphatic heterocycles. The van der Waals surface area contributed by atoms with Crippen LogP contribution in [0.1, 0.15) is 51.8 Å². The fourth-order valence-electron chi connectivity index (χ4n) is 4.11. The summed E-state index contributed by atoms with van der Waals surface area (Å²) in [4.78, 5) is 28.0. The Morgan fingerprint density at radius 3 is 2.72 bits per heavy atom. The smallest absolute Gasteiger partial charge is 0.318 e. The lowest BCUT2D eigenvalue weighted by atomic mass is 10.1. The Labute approximate surface area is 226 Å². The maximum Gasteiger partial charge on any atom is 0.318 e. The first-order valence-electron chi connectivity index (χ1n) is 12.7. The van der Waals surface area contributed by atoms with Crippen molar-refractivity contribution < 1.29 is 23.0 Å². The molecule has 0 saturated carbocycles. The van der Waals surface area contributed by atoms with E-state index in [0.29, 0.717) is 53.9 Å². The number of rotatable bonds is 14. The molecule has 3 aromatic heterocycles. The number of methoxy groups -OCH3 is 1. The predicted molar refractivity (Wildman–Crippen MR) is 144 cm³/mol. The van der Waals surface area contributed by atoms with Gasteiger partial charge in [-0.2, -0.15) is 4.98 Å². The summed E-state index contributed by atoms with van der Waals surface area (Å²) in [6.45, 7) is 12.5. The number of carbonyl (C=O) groups excluding carboxylic acids is 1. The maximum absolute atomic E-state index is 13.7. The van der Waals surface area contributed by atoms with Gasteiger partial charge in [-0.25, -0.2) is 23.1 Å². The number of ether oxygens (including phenoxy) is 2. The zero-order valence-corrected chi connectivity index (χ0v) is 22.7. The highest BCUT2D eigenvalue weighted by molar-refractivity contribution is 5.75. The van der Waals surface area contributed by atoms with Gasteiger partial charge in [0.2, 0.25) is 11.6 Å². The molecule has 2 amide bonds. The molecule has 3 aromatic rings. The molecule has 1 N–H and O–H groups in total. The second kappa shape index (κ2) is 13.1. The number of fused-ring (bicyclic) bond motifs is 1. The van der Waals surface area contributed by atoms with E-state index in [-0.39, 0.29) is 6.42 Å². The van der Waals surface area contributed by atoms with Crippen LogP contribution in [0.15, 0.2) is 50.0 Å². The van der Waals surface area contributed by atoms with Crippen LogP contribution in [0.4, 0.5) is 13.6 Å². The van der Waals surface area contributed by atoms with E-state index in [2.05, 4.69) is 38.5 Å². The Bertz CT molecular complexity index is 1290. The molecule has 0 aliphatic rings. The quantitative estimate of drug-likeness (QED) is 0.219. The van der Waals surface area contributed by atoms with Gasteiger partial charge < -0.3 is 19.7 Å². The average molecular weight is 544 g/mol. The van der Waals surface area contributed by atoms with Crippen LogP contribution in [0, 0.1) is 0 Å². The van der Waals surface area contributed by atoms with Gasteiger partial charge in [0.1, 0.15) is 5.75 Å². The number of aromatic nitrogens is 5. The van der Waals surface area contributed by atoms with Gasteiger partial charge in [-0.3, -0.25) is 4.98 Å². The van der Waals surface area contributed by atoms with E-state index in [1.807, 2.05) is 6.92 Å². The van der Waals surface area contributed by atoms with E-state index in [1.165, 1.54) is 24.3 Å². The summed E-state index contributed by atoms with van der Waals surface area (Å²) in [5.41, 5.74) is 1.53. The van der Waals surface area contributed by atoms with Crippen molar-refractivity contribution >= 4 is 11.7 Å². The van der Waals surface area contributed by atoms with Crippen LogP contribution in [0.2, 0.25) is 0 Å². The van der Waals surface area contributed by atoms with E-state index in [1.54, 1.807) is 36.0 Å². The van der Waals surface area contributed by atoms with Crippen LogP contribution in [-0.4, -0.2) is 67.7 Å². The summed E-state index contributed by atoms with van der Waals surface area (Å²) in [7, 11) is 1.51. The van der Waals surface area contributed by atoms with Crippen molar-refractivity contribution in [2.24, 2.45) is 0 Å². The van der Waals surface area contributed by atoms with Gasteiger partial charge in [0.25, 0.3) is 5.88 Å². The number of halogens is 2. The highest BCUT2D eigenvalue weighted by Gasteiger charge is 2.30. The van der Waals surface area contributed by atoms with Crippen molar-refractivity contribution in [3.63, 3.8) is 0 Å². The zero-order valence-electron chi connectivity index (χ0n) is 22.7. The lowest BCUT2D eigenvalue weighted by Crippen LogP contribution is -2.47. The first-order chi connectivity index (χ1) is 18.6. The summed E-state index contributed by atoms with van der Waals surface area (Å²) >= 11 is 0. The van der Waals surface area contributed by atoms with Crippen LogP contribution in [-0.2, 0) is 0 Å². The number of alkyl halides is 2. The monoisotopic (exact) mass is 543 g/mol. The number of nitrogens with one attached hydrogen (secondary N) is 1. The molecule has 2 atom stereocenters. The van der Waals surface area contributed by atoms with Gasteiger partial charge in [0.05, 0.1) is 37.2 Å². The van der Waals surface area contributed by atoms with E-state index in [0.717, 1.165) is 6.92 Å². The molecular weight excluding hydrogens is 508 g/mol. The molecule has 0 aliphatic carbocycles. The van der Waals surface area contributed by atoms with Gasteiger partial charge in [-0.05, 0) is 39.7 Å². The van der Waals surface area contributed by atoms with Crippen molar-refractivity contribution in [3.8, 4) is 23.0 Å². The third kappa shape index (κ3) is 7.49. The molecule has 0 fully saturated rings. The largest absolute Gasteiger partial charge is 0.494 e. The molecule has 39 heavy (non-hydrogen) atoms. The number of hydrogen-bond acceptors (Lipinski definition) is 7. The standard InChI is InChI=1S/C27H35F2N7O3/c1-7-10-14-39-25-24-30-12-13-36(24)34-23(33-25)20-15-21(31-17-22(20)38-6)18(4)35(9-3)26(37)32-19(11-8-2)16-27(5,28)29/h7-8,12-13,15,17-19H,1-2,9-11,14,16H2,3-6H3,(H,32,37)/t18-,19?/m1/s1. The number of imidazole rings is 1. The molecule has 0 spiro atoms. The Morgan fingerprint density at radius 2 is 2.08 bits per heavy atom. The number of amides is 2. The van der Waals surface area contributed by atoms with Gasteiger partial charge in [0.15, 0.2) is 5.82 Å². The van der Waals surface area contributed by atoms with Crippen molar-refractivity contribution in [3.05, 3.63) is 55.7 Å². The topological polar surface area (TPSA) is 107 Å². The highest BCUT2D eigenvalue weighted by atomic mass is 19.3. The minimum atomic E-state index is -2.93. The lowest BCUT2D eigenvalue weighted by Gasteiger charge is -2.31. The number of carbonyl (C=O) groups is 1. The van der Waals surface area contributed by atoms with E-state index in [4.69, 9.17) is 9.47 Å². The van der Waals surface area contributed by atoms with Crippen molar-refractivity contribution in [1.82, 2.24) is 34.8 Å². The fourth-order valence-corrected chi connectivity index (χ4v) is 4.11. The number of pyridine rings is 1. The number of urea groups is 1. The van der Waals surface area contributed by atoms with Crippen molar-refractivity contribution in [1.29, 1.82) is 0 Å². The molecule has 210 valence electrons. The summed E-state index contributed by atoms with van der Waals surface area (Å²) in [5, 5.41) is 7.28. The van der Waals surface area contributed by atoms with Gasteiger partial charge >= 0.3 is 6.03 Å². The average Bonchev–Trinajstić information content (AvgIpc) is 3.37. The van der Waals surface area contributed by atoms with Crippen LogP contribution < -0.4 is 14.8 Å². The fraction of sp³-hybridized carbons (Fsp3) is 0.444. The second-order valence-corrected chi connectivity index (χ2v) is 9.08. The maximum atomic E-state index is 13.7. The third-order valence-electron chi connectivity index (χ3n) is 6.01. The zero-order chi connectivity index (χ0) is 28.6. The first kappa shape index (κ1) is 29.5. The SMILES string of the molecule is C=CCCOc1nc(-c2cc([C@@H](C)N(CC)C(=O)NC(CC=C)CC(C)(F)F)ncc2OC)nn2ccnc12. The Balaban J connectivity index is 1.94. The molecule has 10 nitrogen and oxygen atoms in total. The molecule has 0 bridgehead atoms. The highest BCUT2D eigenvalue weighted by Crippen LogP contribution is 2.32. The molecule has 12 heteroatoms. The second-order valence-electron chi connectivity index (χ2n) is 9.08. The van der Waals surface area contributed by atoms with Crippen molar-refractivity contribution in [2.75, 3.05) is 20.3 Å². The number of hydrogen-bond donors (Lipinski definition) is 1. The van der Waals surface area contributed by atoms with Gasteiger partial charge in [-0.1, -0.05) is 12.2 Å². The molecule has 0 radical (unpaired) electrons. The molecule has 0 aromatic carbocycles. The Morgan fingerprint density at radius 1 is 1.31 bits per heavy atom. The summed E-state index contributed by atoms with van der Waals surface area (Å²) < 4.78 is 40.3. The van der Waals surface area contributed by atoms with Gasteiger partial charge in [-0.15, -0.1) is 18.3 Å². The molecule has 3 rings (SSSR count). The minimum absolute atomic E-state index is 0.220. The van der Waals surface area contributed by atoms with Crippen LogP contribution in [0.3, 0.4) is 0 Å². The van der Waals surface area contributed by atoms with Crippen molar-refractivity contribution in [2.45, 2.75) is 58.0 Å². The van der Waals surface area contributed by atoms with Crippen LogP contribution in [0.5, 0.6) is 11.6 Å². The summed E-state index contributed by atoms with van der Waals surface area (Å²) in [6, 6.07) is -0.00175. The van der Waals surface area contributed by atoms with E-state index in [9.17, 15) is 13.6 Å². The Kier molecular flexibility index (Phi) is 9.91. The Hall–Kier alpha value is -4.09. The van der Waals surface area contributed by atoms with Crippen LogP contribution >= 0.6 is 0 Å². The van der Waals surface area contributed by atoms with E-state index < -0.39 is 30.5 Å². The summed E-state index contributed by atoms with van der Waals surface area (Å²) in [5.74, 6) is -1.90. The third-order valence-corrected chi connectivity index (χ3v) is 6.01. The summed E-state index contributed by atoms with van der Waals surface area (Å²) in [6.07, 6.45) is 8.42. The molecule has 3 heterocycles. The van der Waals surface area contributed by atoms with Gasteiger partial charge in [0, 0.05) is 31.4 Å². The van der Waals surface area contributed by atoms with E-state index >= 15 is 0 Å². The first-order valence-corrected chi connectivity index (χ1v) is 12.7. The lowest BCUT2D eigenvalue weighted by molar-refractivity contribution is 0.00364. The molecule has 0 saturated heterocycles. The van der Waals surface area contributed by atoms with Crippen LogP contribution in [0.25, 0.3) is 17.0 Å².